The Morgan fingerprint density at radius 2 is 1.71 bits per heavy atom. The molecule has 0 spiro atoms. The maximum absolute atomic E-state index is 13.0. The van der Waals surface area contributed by atoms with E-state index in [2.05, 4.69) is 48.3 Å². The van der Waals surface area contributed by atoms with Crippen LogP contribution in [0, 0.1) is 0 Å². The second kappa shape index (κ2) is 9.79. The molecule has 5 rings (SSSR count). The van der Waals surface area contributed by atoms with Crippen molar-refractivity contribution in [2.24, 2.45) is 0 Å². The van der Waals surface area contributed by atoms with E-state index in [1.165, 1.54) is 5.56 Å². The molecule has 8 heteroatoms. The van der Waals surface area contributed by atoms with Gasteiger partial charge in [-0.1, -0.05) is 30.3 Å². The van der Waals surface area contributed by atoms with Crippen molar-refractivity contribution in [3.63, 3.8) is 0 Å². The van der Waals surface area contributed by atoms with E-state index in [-0.39, 0.29) is 18.2 Å². The molecule has 3 amide bonds. The third-order valence-corrected chi connectivity index (χ3v) is 7.17. The van der Waals surface area contributed by atoms with Gasteiger partial charge < -0.3 is 14.4 Å². The first-order chi connectivity index (χ1) is 16.9. The molecule has 184 valence electrons. The van der Waals surface area contributed by atoms with Crippen LogP contribution in [0.3, 0.4) is 0 Å². The maximum Gasteiger partial charge on any atom is 0.255 e. The molecule has 3 atom stereocenters. The molecule has 0 bridgehead atoms. The van der Waals surface area contributed by atoms with E-state index in [1.54, 1.807) is 17.0 Å². The number of imide groups is 1. The van der Waals surface area contributed by atoms with Gasteiger partial charge in [0.1, 0.15) is 18.4 Å². The zero-order valence-corrected chi connectivity index (χ0v) is 20.2. The fraction of sp³-hybridized carbons (Fsp3) is 0.444. The van der Waals surface area contributed by atoms with Crippen molar-refractivity contribution in [1.29, 1.82) is 0 Å². The fourth-order valence-electron chi connectivity index (χ4n) is 5.15. The second-order valence-electron chi connectivity index (χ2n) is 9.70. The molecule has 3 aliphatic rings. The highest BCUT2D eigenvalue weighted by Gasteiger charge is 2.40. The lowest BCUT2D eigenvalue weighted by Gasteiger charge is -2.38. The van der Waals surface area contributed by atoms with E-state index < -0.39 is 11.9 Å². The highest BCUT2D eigenvalue weighted by atomic mass is 16.5. The van der Waals surface area contributed by atoms with Crippen LogP contribution in [0.5, 0.6) is 5.75 Å². The van der Waals surface area contributed by atoms with Crippen molar-refractivity contribution in [3.8, 4) is 5.75 Å². The molecule has 3 heterocycles. The summed E-state index contributed by atoms with van der Waals surface area (Å²) in [6.07, 6.45) is 0.578. The zero-order valence-electron chi connectivity index (χ0n) is 20.2. The number of hydrogen-bond donors (Lipinski definition) is 1. The number of nitrogens with one attached hydrogen (secondary N) is 1. The van der Waals surface area contributed by atoms with E-state index in [1.807, 2.05) is 6.07 Å². The average molecular weight is 478 g/mol. The summed E-state index contributed by atoms with van der Waals surface area (Å²) in [5.41, 5.74) is 3.63. The molecule has 0 aromatic heterocycles. The molecule has 2 fully saturated rings. The molecule has 35 heavy (non-hydrogen) atoms. The van der Waals surface area contributed by atoms with E-state index in [9.17, 15) is 14.4 Å². The minimum absolute atomic E-state index is 0.198. The third kappa shape index (κ3) is 4.81. The van der Waals surface area contributed by atoms with Gasteiger partial charge in [0.15, 0.2) is 0 Å². The molecule has 1 N–H and O–H groups in total. The number of carbonyl (C=O) groups excluding carboxylic acids is 3. The van der Waals surface area contributed by atoms with Crippen LogP contribution >= 0.6 is 0 Å². The van der Waals surface area contributed by atoms with Crippen LogP contribution in [0.1, 0.15) is 53.7 Å². The first-order valence-corrected chi connectivity index (χ1v) is 12.2. The standard InChI is InChI=1S/C27H31N3O5/c1-17-14-34-15-18(2)29(17)12-19-6-8-20(9-7-19)16-35-24-5-3-4-21-22(24)13-30(27(21)33)23-10-11-25(31)28-26(23)32/h3-9,17-18,23H,10-16H2,1-2H3,(H,28,31,32)/t17-,18-,23?/m0/s1. The number of carbonyl (C=O) groups is 3. The van der Waals surface area contributed by atoms with Gasteiger partial charge in [-0.05, 0) is 43.5 Å². The molecular weight excluding hydrogens is 446 g/mol. The summed E-state index contributed by atoms with van der Waals surface area (Å²) < 4.78 is 11.8. The van der Waals surface area contributed by atoms with Gasteiger partial charge in [-0.25, -0.2) is 0 Å². The smallest absolute Gasteiger partial charge is 0.255 e. The van der Waals surface area contributed by atoms with Gasteiger partial charge in [-0.15, -0.1) is 0 Å². The number of hydrogen-bond acceptors (Lipinski definition) is 6. The molecule has 2 aromatic carbocycles. The summed E-state index contributed by atoms with van der Waals surface area (Å²) in [4.78, 5) is 40.8. The summed E-state index contributed by atoms with van der Waals surface area (Å²) in [5.74, 6) is -0.258. The van der Waals surface area contributed by atoms with E-state index in [0.29, 0.717) is 43.0 Å². The monoisotopic (exact) mass is 477 g/mol. The highest BCUT2D eigenvalue weighted by Crippen LogP contribution is 2.34. The Hall–Kier alpha value is -3.23. The molecule has 2 aromatic rings. The van der Waals surface area contributed by atoms with Gasteiger partial charge in [0.25, 0.3) is 5.91 Å². The summed E-state index contributed by atoms with van der Waals surface area (Å²) in [6, 6.07) is 14.0. The number of piperidine rings is 1. The highest BCUT2D eigenvalue weighted by molar-refractivity contribution is 6.05. The summed E-state index contributed by atoms with van der Waals surface area (Å²) in [7, 11) is 0. The van der Waals surface area contributed by atoms with E-state index in [4.69, 9.17) is 9.47 Å². The van der Waals surface area contributed by atoms with Crippen LogP contribution in [0.4, 0.5) is 0 Å². The molecule has 0 radical (unpaired) electrons. The molecular formula is C27H31N3O5. The predicted molar refractivity (Wildman–Crippen MR) is 129 cm³/mol. The quantitative estimate of drug-likeness (QED) is 0.644. The SMILES string of the molecule is C[C@H]1COC[C@H](C)N1Cc1ccc(COc2cccc3c2CN(C2CCC(=O)NC2=O)C3=O)cc1. The molecule has 0 saturated carbocycles. The number of morpholine rings is 1. The number of amides is 3. The largest absolute Gasteiger partial charge is 0.489 e. The van der Waals surface area contributed by atoms with Crippen LogP contribution in [0.25, 0.3) is 0 Å². The van der Waals surface area contributed by atoms with Gasteiger partial charge in [-0.3, -0.25) is 24.6 Å². The normalized spacial score (nSPS) is 24.9. The Kier molecular flexibility index (Phi) is 6.58. The molecule has 0 aliphatic carbocycles. The Morgan fingerprint density at radius 1 is 1.00 bits per heavy atom. The minimum Gasteiger partial charge on any atom is -0.489 e. The molecule has 8 nitrogen and oxygen atoms in total. The summed E-state index contributed by atoms with van der Waals surface area (Å²) in [6.45, 7) is 7.49. The molecule has 2 saturated heterocycles. The number of nitrogens with zero attached hydrogens (tertiary/aromatic N) is 2. The topological polar surface area (TPSA) is 88.2 Å². The van der Waals surface area contributed by atoms with Crippen molar-refractivity contribution in [1.82, 2.24) is 15.1 Å². The molecule has 1 unspecified atom stereocenters. The first kappa shape index (κ1) is 23.5. The van der Waals surface area contributed by atoms with Crippen LogP contribution in [0.15, 0.2) is 42.5 Å². The van der Waals surface area contributed by atoms with Crippen molar-refractivity contribution in [2.75, 3.05) is 13.2 Å². The van der Waals surface area contributed by atoms with E-state index >= 15 is 0 Å². The van der Waals surface area contributed by atoms with Gasteiger partial charge >= 0.3 is 0 Å². The van der Waals surface area contributed by atoms with Gasteiger partial charge in [0.2, 0.25) is 11.8 Å². The Labute approximate surface area is 205 Å². The summed E-state index contributed by atoms with van der Waals surface area (Å²) in [5, 5.41) is 2.34. The number of fused-ring (bicyclic) bond motifs is 1. The lowest BCUT2D eigenvalue weighted by Crippen LogP contribution is -2.52. The Morgan fingerprint density at radius 3 is 2.43 bits per heavy atom. The van der Waals surface area contributed by atoms with E-state index in [0.717, 1.165) is 30.9 Å². The van der Waals surface area contributed by atoms with Gasteiger partial charge in [0.05, 0.1) is 19.8 Å². The third-order valence-electron chi connectivity index (χ3n) is 7.17. The van der Waals surface area contributed by atoms with Crippen molar-refractivity contribution in [2.45, 2.75) is 64.5 Å². The Bertz CT molecular complexity index is 1120. The van der Waals surface area contributed by atoms with Crippen molar-refractivity contribution >= 4 is 17.7 Å². The summed E-state index contributed by atoms with van der Waals surface area (Å²) >= 11 is 0. The second-order valence-corrected chi connectivity index (χ2v) is 9.70. The maximum atomic E-state index is 13.0. The van der Waals surface area contributed by atoms with Gasteiger partial charge in [-0.2, -0.15) is 0 Å². The first-order valence-electron chi connectivity index (χ1n) is 12.2. The lowest BCUT2D eigenvalue weighted by molar-refractivity contribution is -0.136. The average Bonchev–Trinajstić information content (AvgIpc) is 3.18. The van der Waals surface area contributed by atoms with Crippen LogP contribution in [-0.2, 0) is 34.0 Å². The van der Waals surface area contributed by atoms with Crippen molar-refractivity contribution in [3.05, 3.63) is 64.7 Å². The zero-order chi connectivity index (χ0) is 24.5. The number of ether oxygens (including phenoxy) is 2. The molecule has 3 aliphatic heterocycles. The van der Waals surface area contributed by atoms with Crippen LogP contribution in [0.2, 0.25) is 0 Å². The van der Waals surface area contributed by atoms with Crippen LogP contribution < -0.4 is 10.1 Å². The van der Waals surface area contributed by atoms with Crippen LogP contribution in [-0.4, -0.2) is 58.9 Å². The number of rotatable bonds is 6. The fourth-order valence-corrected chi connectivity index (χ4v) is 5.15. The Balaban J connectivity index is 1.23. The minimum atomic E-state index is -0.634. The predicted octanol–water partition coefficient (Wildman–Crippen LogP) is 2.64. The van der Waals surface area contributed by atoms with Crippen molar-refractivity contribution < 1.29 is 23.9 Å². The lowest BCUT2D eigenvalue weighted by atomic mass is 10.0. The number of benzene rings is 2. The van der Waals surface area contributed by atoms with Gasteiger partial charge in [0, 0.05) is 36.2 Å².